The van der Waals surface area contributed by atoms with E-state index < -0.39 is 0 Å². The second-order valence-electron chi connectivity index (χ2n) is 4.65. The number of aromatic nitrogens is 2. The van der Waals surface area contributed by atoms with E-state index in [1.165, 1.54) is 18.4 Å². The summed E-state index contributed by atoms with van der Waals surface area (Å²) in [5.74, 6) is 0. The number of aliphatic hydroxyl groups excluding tert-OH is 1. The summed E-state index contributed by atoms with van der Waals surface area (Å²) < 4.78 is 2.11. The predicted molar refractivity (Wildman–Crippen MR) is 63.4 cm³/mol. The van der Waals surface area contributed by atoms with E-state index in [0.717, 1.165) is 26.1 Å². The number of piperidine rings is 1. The third kappa shape index (κ3) is 2.83. The van der Waals surface area contributed by atoms with Crippen molar-refractivity contribution in [3.63, 3.8) is 0 Å². The molecule has 16 heavy (non-hydrogen) atoms. The van der Waals surface area contributed by atoms with E-state index in [9.17, 15) is 0 Å². The number of rotatable bonds is 4. The first kappa shape index (κ1) is 11.6. The molecule has 1 aromatic heterocycles. The Bertz CT molecular complexity index is 316. The van der Waals surface area contributed by atoms with Crippen molar-refractivity contribution in [1.29, 1.82) is 0 Å². The molecule has 0 aromatic carbocycles. The highest BCUT2D eigenvalue weighted by atomic mass is 16.3. The lowest BCUT2D eigenvalue weighted by Crippen LogP contribution is -2.35. The zero-order chi connectivity index (χ0) is 11.4. The normalized spacial score (nSPS) is 19.1. The van der Waals surface area contributed by atoms with Crippen LogP contribution in [0.3, 0.4) is 0 Å². The third-order valence-corrected chi connectivity index (χ3v) is 3.29. The number of hydrogen-bond acceptors (Lipinski definition) is 3. The van der Waals surface area contributed by atoms with Crippen LogP contribution in [0, 0.1) is 6.92 Å². The van der Waals surface area contributed by atoms with Crippen molar-refractivity contribution >= 4 is 0 Å². The molecule has 0 radical (unpaired) electrons. The second-order valence-corrected chi connectivity index (χ2v) is 4.65. The zero-order valence-corrected chi connectivity index (χ0v) is 9.97. The first-order valence-corrected chi connectivity index (χ1v) is 6.13. The van der Waals surface area contributed by atoms with Crippen LogP contribution < -0.4 is 0 Å². The summed E-state index contributed by atoms with van der Waals surface area (Å²) in [6.45, 7) is 5.67. The quantitative estimate of drug-likeness (QED) is 0.834. The standard InChI is InChI=1S/C12H21N3O/c1-11-9-13-15(10-11)12-3-6-14(7-4-12)5-2-8-16/h9-10,12,16H,2-8H2,1H3. The first-order valence-electron chi connectivity index (χ1n) is 6.13. The van der Waals surface area contributed by atoms with Gasteiger partial charge in [0.25, 0.3) is 0 Å². The van der Waals surface area contributed by atoms with Crippen LogP contribution >= 0.6 is 0 Å². The van der Waals surface area contributed by atoms with Crippen LogP contribution in [0.4, 0.5) is 0 Å². The Labute approximate surface area is 96.9 Å². The third-order valence-electron chi connectivity index (χ3n) is 3.29. The van der Waals surface area contributed by atoms with Gasteiger partial charge >= 0.3 is 0 Å². The van der Waals surface area contributed by atoms with Gasteiger partial charge in [-0.3, -0.25) is 4.68 Å². The molecule has 0 aliphatic carbocycles. The van der Waals surface area contributed by atoms with Gasteiger partial charge in [0.2, 0.25) is 0 Å². The van der Waals surface area contributed by atoms with Crippen molar-refractivity contribution in [1.82, 2.24) is 14.7 Å². The Kier molecular flexibility index (Phi) is 3.96. The van der Waals surface area contributed by atoms with E-state index in [1.807, 2.05) is 6.20 Å². The van der Waals surface area contributed by atoms with Gasteiger partial charge in [-0.1, -0.05) is 0 Å². The maximum Gasteiger partial charge on any atom is 0.0543 e. The molecule has 4 nitrogen and oxygen atoms in total. The van der Waals surface area contributed by atoms with Gasteiger partial charge in [-0.05, 0) is 31.7 Å². The van der Waals surface area contributed by atoms with Crippen LogP contribution in [0.15, 0.2) is 12.4 Å². The highest BCUT2D eigenvalue weighted by Gasteiger charge is 2.20. The first-order chi connectivity index (χ1) is 7.79. The molecule has 0 unspecified atom stereocenters. The minimum Gasteiger partial charge on any atom is -0.396 e. The Morgan fingerprint density at radius 2 is 2.19 bits per heavy atom. The van der Waals surface area contributed by atoms with Gasteiger partial charge in [0.05, 0.1) is 12.2 Å². The summed E-state index contributed by atoms with van der Waals surface area (Å²) in [5, 5.41) is 13.2. The van der Waals surface area contributed by atoms with Crippen molar-refractivity contribution < 1.29 is 5.11 Å². The van der Waals surface area contributed by atoms with E-state index in [-0.39, 0.29) is 0 Å². The molecule has 90 valence electrons. The van der Waals surface area contributed by atoms with Crippen LogP contribution in [-0.4, -0.2) is 46.0 Å². The zero-order valence-electron chi connectivity index (χ0n) is 9.97. The SMILES string of the molecule is Cc1cnn(C2CCN(CCCO)CC2)c1. The van der Waals surface area contributed by atoms with Gasteiger partial charge in [0, 0.05) is 32.4 Å². The molecule has 0 atom stereocenters. The number of aryl methyl sites for hydroxylation is 1. The molecule has 0 bridgehead atoms. The van der Waals surface area contributed by atoms with Crippen molar-refractivity contribution in [2.24, 2.45) is 0 Å². The highest BCUT2D eigenvalue weighted by molar-refractivity contribution is 5.00. The fourth-order valence-electron chi connectivity index (χ4n) is 2.33. The molecule has 1 aromatic rings. The number of aliphatic hydroxyl groups is 1. The summed E-state index contributed by atoms with van der Waals surface area (Å²) in [7, 11) is 0. The van der Waals surface area contributed by atoms with Gasteiger partial charge in [-0.25, -0.2) is 0 Å². The van der Waals surface area contributed by atoms with Crippen LogP contribution in [0.5, 0.6) is 0 Å². The molecule has 1 aliphatic heterocycles. The number of likely N-dealkylation sites (tertiary alicyclic amines) is 1. The topological polar surface area (TPSA) is 41.3 Å². The molecule has 0 spiro atoms. The average molecular weight is 223 g/mol. The number of hydrogen-bond donors (Lipinski definition) is 1. The summed E-state index contributed by atoms with van der Waals surface area (Å²) in [5.41, 5.74) is 1.24. The second kappa shape index (κ2) is 5.46. The van der Waals surface area contributed by atoms with Gasteiger partial charge < -0.3 is 10.0 Å². The van der Waals surface area contributed by atoms with E-state index in [4.69, 9.17) is 5.11 Å². The Morgan fingerprint density at radius 1 is 1.44 bits per heavy atom. The fraction of sp³-hybridized carbons (Fsp3) is 0.750. The van der Waals surface area contributed by atoms with Crippen LogP contribution in [0.2, 0.25) is 0 Å². The van der Waals surface area contributed by atoms with Crippen molar-refractivity contribution in [2.45, 2.75) is 32.2 Å². The summed E-state index contributed by atoms with van der Waals surface area (Å²) >= 11 is 0. The van der Waals surface area contributed by atoms with E-state index in [0.29, 0.717) is 12.6 Å². The molecule has 1 N–H and O–H groups in total. The predicted octanol–water partition coefficient (Wildman–Crippen LogP) is 1.21. The minimum atomic E-state index is 0.304. The van der Waals surface area contributed by atoms with Crippen LogP contribution in [0.25, 0.3) is 0 Å². The van der Waals surface area contributed by atoms with Gasteiger partial charge in [0.15, 0.2) is 0 Å². The molecule has 0 saturated carbocycles. The van der Waals surface area contributed by atoms with Crippen molar-refractivity contribution in [3.8, 4) is 0 Å². The smallest absolute Gasteiger partial charge is 0.0543 e. The van der Waals surface area contributed by atoms with Crippen molar-refractivity contribution in [2.75, 3.05) is 26.2 Å². The Hall–Kier alpha value is -0.870. The maximum absolute atomic E-state index is 8.79. The van der Waals surface area contributed by atoms with Crippen molar-refractivity contribution in [3.05, 3.63) is 18.0 Å². The lowest BCUT2D eigenvalue weighted by atomic mass is 10.1. The Morgan fingerprint density at radius 3 is 2.75 bits per heavy atom. The summed E-state index contributed by atoms with van der Waals surface area (Å²) in [6, 6.07) is 0.569. The molecular formula is C12H21N3O. The average Bonchev–Trinajstić information content (AvgIpc) is 2.74. The largest absolute Gasteiger partial charge is 0.396 e. The minimum absolute atomic E-state index is 0.304. The van der Waals surface area contributed by atoms with Gasteiger partial charge in [-0.2, -0.15) is 5.10 Å². The van der Waals surface area contributed by atoms with Crippen LogP contribution in [-0.2, 0) is 0 Å². The molecule has 2 heterocycles. The highest BCUT2D eigenvalue weighted by Crippen LogP contribution is 2.21. The maximum atomic E-state index is 8.79. The molecule has 2 rings (SSSR count). The van der Waals surface area contributed by atoms with E-state index >= 15 is 0 Å². The molecule has 1 saturated heterocycles. The molecule has 1 fully saturated rings. The van der Waals surface area contributed by atoms with Gasteiger partial charge in [-0.15, -0.1) is 0 Å². The number of nitrogens with zero attached hydrogens (tertiary/aromatic N) is 3. The Balaban J connectivity index is 1.81. The van der Waals surface area contributed by atoms with E-state index in [2.05, 4.69) is 27.8 Å². The lowest BCUT2D eigenvalue weighted by molar-refractivity contribution is 0.164. The molecular weight excluding hydrogens is 202 g/mol. The summed E-state index contributed by atoms with van der Waals surface area (Å²) in [4.78, 5) is 2.43. The molecule has 0 amide bonds. The van der Waals surface area contributed by atoms with Gasteiger partial charge in [0.1, 0.15) is 0 Å². The lowest BCUT2D eigenvalue weighted by Gasteiger charge is -2.31. The van der Waals surface area contributed by atoms with Crippen LogP contribution in [0.1, 0.15) is 30.9 Å². The molecule has 1 aliphatic rings. The summed E-state index contributed by atoms with van der Waals surface area (Å²) in [6.07, 6.45) is 7.30. The fourth-order valence-corrected chi connectivity index (χ4v) is 2.33. The van der Waals surface area contributed by atoms with E-state index in [1.54, 1.807) is 0 Å². The monoisotopic (exact) mass is 223 g/mol. The molecule has 4 heteroatoms.